The molecular formula is C12H11N3O2. The monoisotopic (exact) mass is 229 g/mol. The number of anilines is 1. The number of aryl methyl sites for hydroxylation is 1. The minimum atomic E-state index is -0.0952. The molecule has 0 radical (unpaired) electrons. The minimum Gasteiger partial charge on any atom is -0.326 e. The van der Waals surface area contributed by atoms with E-state index in [4.69, 9.17) is 0 Å². The molecule has 17 heavy (non-hydrogen) atoms. The Morgan fingerprint density at radius 3 is 2.76 bits per heavy atom. The number of hydrogen-bond acceptors (Lipinski definition) is 2. The number of carbonyl (C=O) groups is 1. The first-order chi connectivity index (χ1) is 8.15. The summed E-state index contributed by atoms with van der Waals surface area (Å²) in [6, 6.07) is 5.52. The van der Waals surface area contributed by atoms with Gasteiger partial charge in [0.05, 0.1) is 12.1 Å². The average Bonchev–Trinajstić information content (AvgIpc) is 2.81. The minimum absolute atomic E-state index is 0.00226. The molecule has 0 bridgehead atoms. The Morgan fingerprint density at radius 2 is 2.06 bits per heavy atom. The zero-order valence-corrected chi connectivity index (χ0v) is 9.30. The van der Waals surface area contributed by atoms with Gasteiger partial charge in [0.15, 0.2) is 0 Å². The second kappa shape index (κ2) is 3.35. The van der Waals surface area contributed by atoms with Gasteiger partial charge in [-0.3, -0.25) is 9.36 Å². The van der Waals surface area contributed by atoms with Gasteiger partial charge in [-0.25, -0.2) is 4.79 Å². The number of benzene rings is 1. The van der Waals surface area contributed by atoms with Crippen molar-refractivity contribution >= 4 is 11.6 Å². The van der Waals surface area contributed by atoms with Gasteiger partial charge in [0.25, 0.3) is 0 Å². The van der Waals surface area contributed by atoms with Gasteiger partial charge in [0.1, 0.15) is 0 Å². The summed E-state index contributed by atoms with van der Waals surface area (Å²) in [6.07, 6.45) is 3.80. The Hall–Kier alpha value is -2.30. The third-order valence-corrected chi connectivity index (χ3v) is 2.94. The summed E-state index contributed by atoms with van der Waals surface area (Å²) in [7, 11) is 1.71. The molecule has 0 aliphatic carbocycles. The zero-order valence-electron chi connectivity index (χ0n) is 9.30. The van der Waals surface area contributed by atoms with Crippen LogP contribution in [-0.4, -0.2) is 15.0 Å². The molecule has 5 heteroatoms. The SMILES string of the molecule is Cn1ccn(-c2ccc3c(c2)CC(=O)N3)c1=O. The molecule has 1 aromatic heterocycles. The maximum atomic E-state index is 11.8. The molecule has 1 N–H and O–H groups in total. The Kier molecular flexibility index (Phi) is 1.95. The molecular weight excluding hydrogens is 218 g/mol. The van der Waals surface area contributed by atoms with Crippen molar-refractivity contribution in [3.63, 3.8) is 0 Å². The molecule has 0 fully saturated rings. The molecule has 1 aliphatic heterocycles. The van der Waals surface area contributed by atoms with Gasteiger partial charge < -0.3 is 9.88 Å². The quantitative estimate of drug-likeness (QED) is 0.781. The number of aromatic nitrogens is 2. The molecule has 86 valence electrons. The molecule has 5 nitrogen and oxygen atoms in total. The molecule has 1 aromatic carbocycles. The molecule has 1 amide bonds. The van der Waals surface area contributed by atoms with Crippen LogP contribution in [0.3, 0.4) is 0 Å². The molecule has 0 saturated heterocycles. The van der Waals surface area contributed by atoms with Gasteiger partial charge in [0.2, 0.25) is 5.91 Å². The number of fused-ring (bicyclic) bond motifs is 1. The van der Waals surface area contributed by atoms with Gasteiger partial charge in [-0.2, -0.15) is 0 Å². The molecule has 0 atom stereocenters. The lowest BCUT2D eigenvalue weighted by atomic mass is 10.1. The summed E-state index contributed by atoms with van der Waals surface area (Å²) in [5, 5.41) is 2.76. The van der Waals surface area contributed by atoms with Crippen molar-refractivity contribution < 1.29 is 4.79 Å². The highest BCUT2D eigenvalue weighted by Crippen LogP contribution is 2.24. The van der Waals surface area contributed by atoms with Gasteiger partial charge in [-0.1, -0.05) is 0 Å². The van der Waals surface area contributed by atoms with Crippen LogP contribution >= 0.6 is 0 Å². The van der Waals surface area contributed by atoms with Gasteiger partial charge in [-0.05, 0) is 23.8 Å². The van der Waals surface area contributed by atoms with Gasteiger partial charge >= 0.3 is 5.69 Å². The van der Waals surface area contributed by atoms with E-state index >= 15 is 0 Å². The molecule has 0 unspecified atom stereocenters. The largest absolute Gasteiger partial charge is 0.332 e. The molecule has 0 spiro atoms. The third-order valence-electron chi connectivity index (χ3n) is 2.94. The molecule has 2 heterocycles. The lowest BCUT2D eigenvalue weighted by molar-refractivity contribution is -0.115. The maximum absolute atomic E-state index is 11.8. The second-order valence-electron chi connectivity index (χ2n) is 4.13. The number of rotatable bonds is 1. The molecule has 3 rings (SSSR count). The fourth-order valence-corrected chi connectivity index (χ4v) is 2.03. The second-order valence-corrected chi connectivity index (χ2v) is 4.13. The summed E-state index contributed by atoms with van der Waals surface area (Å²) in [5.74, 6) is -0.00226. The Morgan fingerprint density at radius 1 is 1.24 bits per heavy atom. The van der Waals surface area contributed by atoms with E-state index in [1.165, 1.54) is 4.57 Å². The molecule has 1 aliphatic rings. The summed E-state index contributed by atoms with van der Waals surface area (Å²) in [6.45, 7) is 0. The van der Waals surface area contributed by atoms with E-state index in [9.17, 15) is 9.59 Å². The van der Waals surface area contributed by atoms with Crippen molar-refractivity contribution in [3.8, 4) is 5.69 Å². The number of nitrogens with zero attached hydrogens (tertiary/aromatic N) is 2. The Labute approximate surface area is 97.3 Å². The number of imidazole rings is 1. The van der Waals surface area contributed by atoms with Gasteiger partial charge in [-0.15, -0.1) is 0 Å². The van der Waals surface area contributed by atoms with Crippen LogP contribution in [0.1, 0.15) is 5.56 Å². The van der Waals surface area contributed by atoms with E-state index in [0.29, 0.717) is 6.42 Å². The predicted octanol–water partition coefficient (Wildman–Crippen LogP) is 0.671. The van der Waals surface area contributed by atoms with E-state index in [-0.39, 0.29) is 11.6 Å². The normalized spacial score (nSPS) is 13.6. The van der Waals surface area contributed by atoms with E-state index < -0.39 is 0 Å². The highest BCUT2D eigenvalue weighted by atomic mass is 16.2. The lowest BCUT2D eigenvalue weighted by Crippen LogP contribution is -2.20. The van der Waals surface area contributed by atoms with E-state index in [2.05, 4.69) is 5.32 Å². The highest BCUT2D eigenvalue weighted by Gasteiger charge is 2.18. The summed E-state index contributed by atoms with van der Waals surface area (Å²) in [4.78, 5) is 23.0. The van der Waals surface area contributed by atoms with E-state index in [1.54, 1.807) is 24.0 Å². The van der Waals surface area contributed by atoms with E-state index in [0.717, 1.165) is 16.9 Å². The van der Waals surface area contributed by atoms with Crippen LogP contribution in [0.5, 0.6) is 0 Å². The van der Waals surface area contributed by atoms with Crippen LogP contribution in [0, 0.1) is 0 Å². The van der Waals surface area contributed by atoms with E-state index in [1.807, 2.05) is 18.2 Å². The fourth-order valence-electron chi connectivity index (χ4n) is 2.03. The van der Waals surface area contributed by atoms with Crippen LogP contribution in [0.15, 0.2) is 35.4 Å². The topological polar surface area (TPSA) is 56.0 Å². The first-order valence-corrected chi connectivity index (χ1v) is 5.32. The van der Waals surface area contributed by atoms with Crippen LogP contribution < -0.4 is 11.0 Å². The van der Waals surface area contributed by atoms with Crippen molar-refractivity contribution in [3.05, 3.63) is 46.6 Å². The maximum Gasteiger partial charge on any atom is 0.332 e. The van der Waals surface area contributed by atoms with Crippen molar-refractivity contribution in [2.45, 2.75) is 6.42 Å². The van der Waals surface area contributed by atoms with Crippen LogP contribution in [-0.2, 0) is 18.3 Å². The van der Waals surface area contributed by atoms with Gasteiger partial charge in [0, 0.05) is 25.1 Å². The fraction of sp³-hybridized carbons (Fsp3) is 0.167. The Balaban J connectivity index is 2.12. The Bertz CT molecular complexity index is 667. The summed E-state index contributed by atoms with van der Waals surface area (Å²) < 4.78 is 3.07. The zero-order chi connectivity index (χ0) is 12.0. The first kappa shape index (κ1) is 9.89. The first-order valence-electron chi connectivity index (χ1n) is 5.32. The summed E-state index contributed by atoms with van der Waals surface area (Å²) >= 11 is 0. The summed E-state index contributed by atoms with van der Waals surface area (Å²) in [5.41, 5.74) is 2.46. The molecule has 2 aromatic rings. The predicted molar refractivity (Wildman–Crippen MR) is 63.3 cm³/mol. The number of carbonyl (C=O) groups excluding carboxylic acids is 1. The number of hydrogen-bond donors (Lipinski definition) is 1. The van der Waals surface area contributed by atoms with Crippen molar-refractivity contribution in [2.24, 2.45) is 7.05 Å². The number of amides is 1. The highest BCUT2D eigenvalue weighted by molar-refractivity contribution is 5.99. The average molecular weight is 229 g/mol. The van der Waals surface area contributed by atoms with Crippen molar-refractivity contribution in [1.29, 1.82) is 0 Å². The lowest BCUT2D eigenvalue weighted by Gasteiger charge is -2.04. The van der Waals surface area contributed by atoms with Crippen LogP contribution in [0.25, 0.3) is 5.69 Å². The van der Waals surface area contributed by atoms with Crippen LogP contribution in [0.4, 0.5) is 5.69 Å². The third kappa shape index (κ3) is 1.47. The van der Waals surface area contributed by atoms with Crippen LogP contribution in [0.2, 0.25) is 0 Å². The van der Waals surface area contributed by atoms with Crippen molar-refractivity contribution in [1.82, 2.24) is 9.13 Å². The molecule has 0 saturated carbocycles. The standard InChI is InChI=1S/C12H11N3O2/c1-14-4-5-15(12(14)17)9-2-3-10-8(6-9)7-11(16)13-10/h2-6H,7H2,1H3,(H,13,16). The smallest absolute Gasteiger partial charge is 0.326 e. The van der Waals surface area contributed by atoms with Crippen molar-refractivity contribution in [2.75, 3.05) is 5.32 Å². The number of nitrogens with one attached hydrogen (secondary N) is 1.